The van der Waals surface area contributed by atoms with Crippen LogP contribution in [0, 0.1) is 11.3 Å². The zero-order valence-electron chi connectivity index (χ0n) is 15.5. The van der Waals surface area contributed by atoms with Crippen molar-refractivity contribution < 1.29 is 38.8 Å². The quantitative estimate of drug-likeness (QED) is 0.264. The Balaban J connectivity index is 1.84. The Morgan fingerprint density at radius 3 is 2.90 bits per heavy atom. The SMILES string of the molecule is C[C@H](NP(=O)(O)OC[C@H]1O[C@@](C#N)(c2ccc3c(N)ncnn23)[C@H](O)[C@@H]1O)C(=O)O. The second-order valence-electron chi connectivity index (χ2n) is 6.61. The van der Waals surface area contributed by atoms with Crippen molar-refractivity contribution in [3.05, 3.63) is 24.2 Å². The summed E-state index contributed by atoms with van der Waals surface area (Å²) >= 11 is 0. The van der Waals surface area contributed by atoms with Gasteiger partial charge in [0, 0.05) is 0 Å². The maximum absolute atomic E-state index is 12.0. The first-order chi connectivity index (χ1) is 14.0. The fraction of sp³-hybridized carbons (Fsp3) is 0.467. The van der Waals surface area contributed by atoms with Crippen molar-refractivity contribution in [3.8, 4) is 6.07 Å². The van der Waals surface area contributed by atoms with Gasteiger partial charge in [-0.1, -0.05) is 0 Å². The number of hydrogen-bond acceptors (Lipinski definition) is 10. The highest BCUT2D eigenvalue weighted by molar-refractivity contribution is 7.50. The van der Waals surface area contributed by atoms with Crippen LogP contribution in [-0.4, -0.2) is 71.7 Å². The number of nitrogens with two attached hydrogens (primary N) is 1. The molecule has 1 aliphatic heterocycles. The molecule has 162 valence electrons. The highest BCUT2D eigenvalue weighted by atomic mass is 31.2. The number of carboxylic acids is 1. The van der Waals surface area contributed by atoms with Crippen LogP contribution >= 0.6 is 7.75 Å². The molecule has 7 N–H and O–H groups in total. The number of rotatable bonds is 7. The summed E-state index contributed by atoms with van der Waals surface area (Å²) in [5.74, 6) is -1.28. The minimum Gasteiger partial charge on any atom is -0.480 e. The highest BCUT2D eigenvalue weighted by Gasteiger charge is 2.57. The van der Waals surface area contributed by atoms with Crippen LogP contribution in [0.1, 0.15) is 12.6 Å². The van der Waals surface area contributed by atoms with E-state index in [0.717, 1.165) is 13.3 Å². The van der Waals surface area contributed by atoms with Crippen LogP contribution < -0.4 is 10.8 Å². The van der Waals surface area contributed by atoms with Crippen molar-refractivity contribution in [3.63, 3.8) is 0 Å². The van der Waals surface area contributed by atoms with Crippen LogP contribution in [0.4, 0.5) is 5.82 Å². The minimum absolute atomic E-state index is 0.0490. The van der Waals surface area contributed by atoms with Crippen molar-refractivity contribution in [1.29, 1.82) is 5.26 Å². The predicted molar refractivity (Wildman–Crippen MR) is 97.6 cm³/mol. The van der Waals surface area contributed by atoms with Crippen molar-refractivity contribution in [2.45, 2.75) is 36.9 Å². The lowest BCUT2D eigenvalue weighted by atomic mass is 9.92. The first-order valence-electron chi connectivity index (χ1n) is 8.54. The van der Waals surface area contributed by atoms with Crippen molar-refractivity contribution in [2.75, 3.05) is 12.3 Å². The number of nitrogens with zero attached hydrogens (tertiary/aromatic N) is 4. The number of anilines is 1. The smallest absolute Gasteiger partial charge is 0.403 e. The molecule has 0 amide bonds. The molecule has 14 nitrogen and oxygen atoms in total. The summed E-state index contributed by atoms with van der Waals surface area (Å²) in [6.07, 6.45) is -3.71. The molecule has 3 heterocycles. The number of fused-ring (bicyclic) bond motifs is 1. The first kappa shape index (κ1) is 22.1. The molecule has 0 radical (unpaired) electrons. The highest BCUT2D eigenvalue weighted by Crippen LogP contribution is 2.43. The van der Waals surface area contributed by atoms with Crippen LogP contribution in [0.15, 0.2) is 18.5 Å². The van der Waals surface area contributed by atoms with Gasteiger partial charge < -0.3 is 30.7 Å². The summed E-state index contributed by atoms with van der Waals surface area (Å²) in [5.41, 5.74) is 4.05. The van der Waals surface area contributed by atoms with Gasteiger partial charge in [-0.15, -0.1) is 0 Å². The fourth-order valence-electron chi connectivity index (χ4n) is 3.06. The molecular weight excluding hydrogens is 423 g/mol. The molecule has 0 aliphatic carbocycles. The monoisotopic (exact) mass is 442 g/mol. The maximum Gasteiger partial charge on any atom is 0.403 e. The topological polar surface area (TPSA) is 226 Å². The van der Waals surface area contributed by atoms with Crippen molar-refractivity contribution >= 4 is 25.1 Å². The van der Waals surface area contributed by atoms with E-state index in [1.807, 2.05) is 11.2 Å². The number of aliphatic hydroxyl groups excluding tert-OH is 2. The number of hydrogen-bond donors (Lipinski definition) is 6. The van der Waals surface area contributed by atoms with E-state index in [2.05, 4.69) is 10.1 Å². The Bertz CT molecular complexity index is 1060. The van der Waals surface area contributed by atoms with Gasteiger partial charge in [0.05, 0.1) is 12.3 Å². The Morgan fingerprint density at radius 1 is 1.57 bits per heavy atom. The van der Waals surface area contributed by atoms with E-state index in [1.54, 1.807) is 0 Å². The van der Waals surface area contributed by atoms with E-state index in [1.165, 1.54) is 16.6 Å². The molecule has 1 fully saturated rings. The molecule has 0 bridgehead atoms. The van der Waals surface area contributed by atoms with Gasteiger partial charge in [0.1, 0.15) is 42.3 Å². The average molecular weight is 442 g/mol. The Labute approximate surface area is 169 Å². The molecule has 2 aromatic heterocycles. The zero-order valence-corrected chi connectivity index (χ0v) is 16.4. The van der Waals surface area contributed by atoms with Crippen molar-refractivity contribution in [2.24, 2.45) is 0 Å². The number of nitrogens with one attached hydrogen (secondary N) is 1. The van der Waals surface area contributed by atoms with Gasteiger partial charge in [0.15, 0.2) is 5.82 Å². The summed E-state index contributed by atoms with van der Waals surface area (Å²) in [6.45, 7) is 0.403. The van der Waals surface area contributed by atoms with Gasteiger partial charge >= 0.3 is 13.7 Å². The van der Waals surface area contributed by atoms with E-state index in [4.69, 9.17) is 20.1 Å². The molecule has 1 aliphatic rings. The molecule has 6 atom stereocenters. The largest absolute Gasteiger partial charge is 0.480 e. The molecule has 0 saturated carbocycles. The number of aromatic nitrogens is 3. The number of nitriles is 1. The van der Waals surface area contributed by atoms with Gasteiger partial charge in [-0.05, 0) is 19.1 Å². The zero-order chi connectivity index (χ0) is 22.3. The summed E-state index contributed by atoms with van der Waals surface area (Å²) in [5, 5.41) is 45.4. The molecule has 2 aromatic rings. The number of aliphatic hydroxyl groups is 2. The number of aliphatic carboxylic acids is 1. The molecule has 0 spiro atoms. The molecular formula is C15H19N6O8P. The van der Waals surface area contributed by atoms with Crippen LogP contribution in [-0.2, 0) is 24.2 Å². The van der Waals surface area contributed by atoms with Crippen LogP contribution in [0.25, 0.3) is 5.52 Å². The van der Waals surface area contributed by atoms with E-state index >= 15 is 0 Å². The average Bonchev–Trinajstić information content (AvgIpc) is 3.22. The standard InChI is InChI=1S/C15H19N6O8P/c1-7(14(24)25)20-30(26,27)28-4-9-11(22)12(23)15(5-16,29-9)10-3-2-8-13(17)18-6-19-21(8)10/h2-3,6-7,9,11-12,22-23H,4H2,1H3,(H,24,25)(H2,17,18,19)(H2,20,26,27)/t7-,9+,11+,12+,15-/m0/s1. The number of ether oxygens (including phenoxy) is 1. The molecule has 1 saturated heterocycles. The first-order valence-corrected chi connectivity index (χ1v) is 10.1. The second-order valence-corrected chi connectivity index (χ2v) is 8.16. The summed E-state index contributed by atoms with van der Waals surface area (Å²) in [7, 11) is -4.59. The fourth-order valence-corrected chi connectivity index (χ4v) is 4.09. The maximum atomic E-state index is 12.0. The third kappa shape index (κ3) is 3.75. The third-order valence-electron chi connectivity index (χ3n) is 4.63. The van der Waals surface area contributed by atoms with Crippen LogP contribution in [0.5, 0.6) is 0 Å². The molecule has 30 heavy (non-hydrogen) atoms. The molecule has 15 heteroatoms. The third-order valence-corrected chi connectivity index (χ3v) is 5.84. The predicted octanol–water partition coefficient (Wildman–Crippen LogP) is -1.67. The minimum atomic E-state index is -4.59. The molecule has 0 aromatic carbocycles. The van der Waals surface area contributed by atoms with Crippen LogP contribution in [0.3, 0.4) is 0 Å². The van der Waals surface area contributed by atoms with E-state index in [9.17, 15) is 29.7 Å². The Kier molecular flexibility index (Phi) is 5.81. The lowest BCUT2D eigenvalue weighted by molar-refractivity contribution is -0.138. The normalized spacial score (nSPS) is 29.4. The summed E-state index contributed by atoms with van der Waals surface area (Å²) in [6, 6.07) is 3.33. The number of carbonyl (C=O) groups is 1. The van der Waals surface area contributed by atoms with E-state index < -0.39 is 50.3 Å². The second kappa shape index (κ2) is 7.89. The van der Waals surface area contributed by atoms with Gasteiger partial charge in [-0.25, -0.2) is 19.2 Å². The Hall–Kier alpha value is -2.63. The summed E-state index contributed by atoms with van der Waals surface area (Å²) < 4.78 is 23.6. The van der Waals surface area contributed by atoms with Gasteiger partial charge in [0.25, 0.3) is 0 Å². The summed E-state index contributed by atoms with van der Waals surface area (Å²) in [4.78, 5) is 24.4. The van der Waals surface area contributed by atoms with Gasteiger partial charge in [-0.2, -0.15) is 10.4 Å². The van der Waals surface area contributed by atoms with Gasteiger partial charge in [0.2, 0.25) is 5.60 Å². The lowest BCUT2D eigenvalue weighted by Crippen LogP contribution is -2.41. The lowest BCUT2D eigenvalue weighted by Gasteiger charge is -2.24. The van der Waals surface area contributed by atoms with Gasteiger partial charge in [-0.3, -0.25) is 9.32 Å². The van der Waals surface area contributed by atoms with E-state index in [-0.39, 0.29) is 11.5 Å². The van der Waals surface area contributed by atoms with E-state index in [0.29, 0.717) is 5.52 Å². The number of nitrogen functional groups attached to an aromatic ring is 1. The molecule has 1 unspecified atom stereocenters. The number of carboxylic acid groups (broad SMARTS) is 1. The Morgan fingerprint density at radius 2 is 2.27 bits per heavy atom. The molecule has 3 rings (SSSR count). The van der Waals surface area contributed by atoms with Crippen molar-refractivity contribution in [1.82, 2.24) is 19.7 Å². The van der Waals surface area contributed by atoms with Crippen LogP contribution in [0.2, 0.25) is 0 Å².